The van der Waals surface area contributed by atoms with E-state index in [9.17, 15) is 19.2 Å². The van der Waals surface area contributed by atoms with Gasteiger partial charge in [0, 0.05) is 172 Å². The van der Waals surface area contributed by atoms with Crippen molar-refractivity contribution in [3.05, 3.63) is 108 Å². The summed E-state index contributed by atoms with van der Waals surface area (Å²) < 4.78 is 32.9. The normalized spacial score (nSPS) is 18.3. The van der Waals surface area contributed by atoms with Crippen molar-refractivity contribution >= 4 is 67.2 Å². The van der Waals surface area contributed by atoms with Crippen LogP contribution in [-0.4, -0.2) is 178 Å². The Morgan fingerprint density at radius 2 is 1.03 bits per heavy atom. The fourth-order valence-corrected chi connectivity index (χ4v) is 12.5. The molecule has 2 aromatic carbocycles. The lowest BCUT2D eigenvalue weighted by atomic mass is 9.98. The molecule has 486 valence electrons. The molecule has 3 saturated heterocycles. The summed E-state index contributed by atoms with van der Waals surface area (Å²) in [6, 6.07) is 20.5. The Morgan fingerprint density at radius 1 is 0.581 bits per heavy atom. The lowest BCUT2D eigenvalue weighted by Gasteiger charge is -2.19. The van der Waals surface area contributed by atoms with E-state index in [-0.39, 0.29) is 59.7 Å². The van der Waals surface area contributed by atoms with Crippen LogP contribution in [0.4, 0.5) is 0 Å². The Kier molecular flexibility index (Phi) is 18.3. The second-order valence-electron chi connectivity index (χ2n) is 25.3. The Labute approximate surface area is 538 Å². The lowest BCUT2D eigenvalue weighted by molar-refractivity contribution is -0.120. The van der Waals surface area contributed by atoms with Gasteiger partial charge in [-0.1, -0.05) is 24.3 Å². The summed E-state index contributed by atoms with van der Waals surface area (Å²) in [5.74, 6) is 2.14. The maximum atomic E-state index is 12.6. The first-order valence-electron chi connectivity index (χ1n) is 31.7. The molecule has 25 nitrogen and oxygen atoms in total. The van der Waals surface area contributed by atoms with Gasteiger partial charge >= 0.3 is 0 Å². The van der Waals surface area contributed by atoms with E-state index in [2.05, 4.69) is 66.5 Å². The molecule has 12 heterocycles. The topological polar surface area (TPSA) is 263 Å². The summed E-state index contributed by atoms with van der Waals surface area (Å²) in [4.78, 5) is 65.8. The predicted molar refractivity (Wildman–Crippen MR) is 353 cm³/mol. The molecule has 93 heavy (non-hydrogen) atoms. The number of aryl methyl sites for hydroxylation is 4. The zero-order valence-electron chi connectivity index (χ0n) is 54.6. The van der Waals surface area contributed by atoms with Gasteiger partial charge in [0.1, 0.15) is 24.0 Å². The van der Waals surface area contributed by atoms with Gasteiger partial charge in [-0.15, -0.1) is 0 Å². The number of hydrogen-bond acceptors (Lipinski definition) is 16. The zero-order chi connectivity index (χ0) is 65.4. The van der Waals surface area contributed by atoms with Crippen molar-refractivity contribution in [2.45, 2.75) is 77.7 Å². The number of methoxy groups -OCH3 is 1. The minimum absolute atomic E-state index is 0.0437. The number of pyridine rings is 3. The van der Waals surface area contributed by atoms with Crippen LogP contribution in [0.1, 0.15) is 61.6 Å². The van der Waals surface area contributed by atoms with Gasteiger partial charge in [-0.05, 0) is 88.2 Å². The molecule has 4 amide bonds. The Hall–Kier alpha value is -9.75. The van der Waals surface area contributed by atoms with Gasteiger partial charge in [-0.2, -0.15) is 20.4 Å². The number of ether oxygens (including phenoxy) is 4. The molecule has 0 saturated carbocycles. The number of nitrogens with one attached hydrogen (secondary N) is 3. The third kappa shape index (κ3) is 14.0. The number of nitrogens with zero attached hydrogens (tertiary/aromatic N) is 14. The zero-order valence-corrected chi connectivity index (χ0v) is 54.6. The molecule has 6 atom stereocenters. The van der Waals surface area contributed by atoms with E-state index < -0.39 is 0 Å². The average Bonchev–Trinajstić information content (AvgIpc) is 1.70. The minimum Gasteiger partial charge on any atom is -0.474 e. The van der Waals surface area contributed by atoms with E-state index in [1.807, 2.05) is 125 Å². The largest absolute Gasteiger partial charge is 0.474 e. The molecule has 3 fully saturated rings. The monoisotopic (exact) mass is 1260 g/mol. The molecule has 0 spiro atoms. The van der Waals surface area contributed by atoms with E-state index in [1.54, 1.807) is 46.3 Å². The molecule has 10 aromatic rings. The van der Waals surface area contributed by atoms with E-state index in [0.29, 0.717) is 75.4 Å². The van der Waals surface area contributed by atoms with Crippen LogP contribution in [0.25, 0.3) is 77.4 Å². The van der Waals surface area contributed by atoms with Crippen molar-refractivity contribution in [1.29, 1.82) is 0 Å². The molecular weight excluding hydrogens is 1180 g/mol. The molecule has 0 unspecified atom stereocenters. The van der Waals surface area contributed by atoms with Crippen LogP contribution < -0.4 is 30.2 Å². The molecule has 3 N–H and O–H groups in total. The van der Waals surface area contributed by atoms with Crippen molar-refractivity contribution in [3.8, 4) is 51.4 Å². The van der Waals surface area contributed by atoms with Crippen molar-refractivity contribution in [3.63, 3.8) is 0 Å². The second kappa shape index (κ2) is 26.8. The fourth-order valence-electron chi connectivity index (χ4n) is 12.5. The number of aromatic nitrogens is 12. The highest BCUT2D eigenvalue weighted by Gasteiger charge is 2.32. The summed E-state index contributed by atoms with van der Waals surface area (Å²) in [6.45, 7) is 11.3. The lowest BCUT2D eigenvalue weighted by Crippen LogP contribution is -2.26. The molecule has 0 bridgehead atoms. The Balaban J connectivity index is 0.000000135. The first kappa shape index (κ1) is 63.4. The van der Waals surface area contributed by atoms with Gasteiger partial charge < -0.3 is 49.3 Å². The number of rotatable bonds is 16. The third-order valence-electron chi connectivity index (χ3n) is 18.1. The highest BCUT2D eigenvalue weighted by Crippen LogP contribution is 2.36. The smallest absolute Gasteiger partial charge is 0.269 e. The molecule has 4 aliphatic rings. The van der Waals surface area contributed by atoms with Gasteiger partial charge in [0.25, 0.3) is 5.91 Å². The number of hydrogen-bond donors (Lipinski definition) is 3. The van der Waals surface area contributed by atoms with Crippen molar-refractivity contribution in [2.24, 2.45) is 45.9 Å². The number of carbonyl (C=O) groups excluding carboxylic acids is 4. The van der Waals surface area contributed by atoms with Gasteiger partial charge in [0.05, 0.1) is 69.1 Å². The van der Waals surface area contributed by atoms with Crippen LogP contribution in [0, 0.1) is 17.8 Å². The minimum atomic E-state index is -0.180. The van der Waals surface area contributed by atoms with Gasteiger partial charge in [-0.25, -0.2) is 15.0 Å². The quantitative estimate of drug-likeness (QED) is 0.0911. The highest BCUT2D eigenvalue weighted by molar-refractivity contribution is 6.00. The third-order valence-corrected chi connectivity index (χ3v) is 18.1. The molecule has 0 radical (unpaired) electrons. The summed E-state index contributed by atoms with van der Waals surface area (Å²) in [5, 5.41) is 30.2. The van der Waals surface area contributed by atoms with Gasteiger partial charge in [-0.3, -0.25) is 37.9 Å². The molecule has 4 aliphatic heterocycles. The van der Waals surface area contributed by atoms with Crippen LogP contribution in [-0.2, 0) is 66.7 Å². The Bertz CT molecular complexity index is 4440. The van der Waals surface area contributed by atoms with Crippen molar-refractivity contribution < 1.29 is 38.1 Å². The number of carbonyl (C=O) groups is 4. The van der Waals surface area contributed by atoms with Crippen molar-refractivity contribution in [1.82, 2.24) is 84.4 Å². The van der Waals surface area contributed by atoms with Gasteiger partial charge in [0.2, 0.25) is 35.4 Å². The first-order chi connectivity index (χ1) is 44.7. The van der Waals surface area contributed by atoms with E-state index in [0.717, 1.165) is 103 Å². The van der Waals surface area contributed by atoms with E-state index >= 15 is 0 Å². The summed E-state index contributed by atoms with van der Waals surface area (Å²) >= 11 is 0. The van der Waals surface area contributed by atoms with Crippen LogP contribution in [0.2, 0.25) is 0 Å². The number of fused-ring (bicyclic) bond motifs is 5. The van der Waals surface area contributed by atoms with E-state index in [1.165, 1.54) is 11.1 Å². The standard InChI is InChI=1S/C25H28N6O3.C24H29N5O2.C19H24N6O3/c1-14(17-10-23(32)26-12-17)34-24-18-13-30(4)28-20(18)11-19(27-24)15-6-7-16-9-22(25(33)29(2)3)31(5)21(16)8-15;1-15(19-11-23(30)25-13-19)31-24-20-14-29(3)27-22(20)12-21(26-24)18-5-4-16-6-8-28(2)9-7-17(16)10-18;1-12(13-6-18(26)20-8-13)28-19-15-11-24(2)23-17(15)7-16(22-19)14-9-21-25(10-14)4-5-27-3/h6-9,11,13-14,17H,10,12H2,1-5H3,(H,26,32);4-5,10,12,14-15,19H,6-9,11,13H2,1-3H3,(H,25,30);7,9-13H,4-6,8H2,1-3H3,(H,20,26)/t14-,17-;15-,19-;12-,13-/m111/s1. The molecular formula is C68H81N17O8. The predicted octanol–water partition coefficient (Wildman–Crippen LogP) is 6.68. The maximum absolute atomic E-state index is 12.6. The molecule has 0 aliphatic carbocycles. The van der Waals surface area contributed by atoms with Crippen LogP contribution in [0.5, 0.6) is 17.6 Å². The fraction of sp³-hybridized carbons (Fsp3) is 0.426. The summed E-state index contributed by atoms with van der Waals surface area (Å²) in [7, 11) is 14.9. The molecule has 8 aromatic heterocycles. The number of likely N-dealkylation sites (N-methyl/N-ethyl adjacent to an activating group) is 1. The van der Waals surface area contributed by atoms with Crippen molar-refractivity contribution in [2.75, 3.05) is 67.6 Å². The highest BCUT2D eigenvalue weighted by atomic mass is 16.5. The van der Waals surface area contributed by atoms with Crippen LogP contribution >= 0.6 is 0 Å². The maximum Gasteiger partial charge on any atom is 0.269 e. The second-order valence-corrected chi connectivity index (χ2v) is 25.3. The first-order valence-corrected chi connectivity index (χ1v) is 31.7. The number of benzene rings is 2. The molecule has 14 rings (SSSR count). The average molecular weight is 1260 g/mol. The van der Waals surface area contributed by atoms with Crippen LogP contribution in [0.3, 0.4) is 0 Å². The summed E-state index contributed by atoms with van der Waals surface area (Å²) in [6.07, 6.45) is 12.6. The van der Waals surface area contributed by atoms with Gasteiger partial charge in [0.15, 0.2) is 0 Å². The summed E-state index contributed by atoms with van der Waals surface area (Å²) in [5.41, 5.74) is 12.1. The number of amides is 4. The SMILES string of the molecule is COCCn1cc(-c2cc3nn(C)cc3c(O[C@H](C)[C@H]3CNC(=O)C3)n2)cn1.C[C@@H](Oc1nc(-c2ccc3c(c2)CCN(C)CC3)cc2nn(C)cc12)[C@H]1CNC(=O)C1.C[C@@H](Oc1nc(-c2ccc3cc(C(=O)N(C)C)n(C)c3c2)cc2nn(C)cc12)[C@H]1CNC(=O)C1. The van der Waals surface area contributed by atoms with E-state index in [4.69, 9.17) is 33.9 Å². The Morgan fingerprint density at radius 3 is 1.48 bits per heavy atom. The molecule has 25 heteroatoms. The van der Waals surface area contributed by atoms with Crippen LogP contribution in [0.15, 0.2) is 91.6 Å².